The van der Waals surface area contributed by atoms with Crippen LogP contribution in [0.2, 0.25) is 0 Å². The quantitative estimate of drug-likeness (QED) is 0.666. The molecule has 2 aliphatic rings. The smallest absolute Gasteiger partial charge is 0.387 e. The molecule has 0 amide bonds. The lowest BCUT2D eigenvalue weighted by atomic mass is 9.88. The van der Waals surface area contributed by atoms with Crippen LogP contribution in [0.4, 0.5) is 8.78 Å². The molecule has 0 saturated carbocycles. The molecule has 3 rings (SSSR count). The molecule has 10 heteroatoms. The highest BCUT2D eigenvalue weighted by Gasteiger charge is 2.35. The topological polar surface area (TPSA) is 68.3 Å². The van der Waals surface area contributed by atoms with Gasteiger partial charge < -0.3 is 19.1 Å². The lowest BCUT2D eigenvalue weighted by molar-refractivity contribution is -0.116. The second kappa shape index (κ2) is 10.3. The van der Waals surface area contributed by atoms with E-state index >= 15 is 0 Å². The van der Waals surface area contributed by atoms with Crippen LogP contribution in [0.1, 0.15) is 19.8 Å². The number of hydrogen-bond acceptors (Lipinski definition) is 6. The van der Waals surface area contributed by atoms with E-state index in [9.17, 15) is 17.2 Å². The van der Waals surface area contributed by atoms with Crippen molar-refractivity contribution < 1.29 is 31.4 Å². The Morgan fingerprint density at radius 2 is 1.70 bits per heavy atom. The van der Waals surface area contributed by atoms with Crippen molar-refractivity contribution in [3.8, 4) is 5.75 Å². The van der Waals surface area contributed by atoms with Crippen LogP contribution < -0.4 is 4.74 Å². The summed E-state index contributed by atoms with van der Waals surface area (Å²) in [5.41, 5.74) is 0.190. The van der Waals surface area contributed by atoms with Gasteiger partial charge in [0.2, 0.25) is 10.0 Å². The molecular weight excluding hydrogens is 418 g/mol. The van der Waals surface area contributed by atoms with Crippen LogP contribution in [0.5, 0.6) is 5.75 Å². The van der Waals surface area contributed by atoms with Gasteiger partial charge in [0.05, 0.1) is 31.3 Å². The van der Waals surface area contributed by atoms with Crippen LogP contribution in [0.25, 0.3) is 0 Å². The second-order valence-corrected chi connectivity index (χ2v) is 10.1. The van der Waals surface area contributed by atoms with Crippen molar-refractivity contribution in [1.82, 2.24) is 9.21 Å². The number of benzene rings is 1. The summed E-state index contributed by atoms with van der Waals surface area (Å²) in [6, 6.07) is 5.07. The molecule has 2 fully saturated rings. The van der Waals surface area contributed by atoms with Crippen LogP contribution in [-0.2, 0) is 19.5 Å². The van der Waals surface area contributed by atoms with Crippen molar-refractivity contribution in [2.75, 3.05) is 59.2 Å². The van der Waals surface area contributed by atoms with Gasteiger partial charge in [-0.25, -0.2) is 8.42 Å². The Morgan fingerprint density at radius 3 is 2.33 bits per heavy atom. The number of hydrogen-bond donors (Lipinski definition) is 0. The molecule has 7 nitrogen and oxygen atoms in total. The summed E-state index contributed by atoms with van der Waals surface area (Å²) in [6.45, 7) is 4.95. The third-order valence-corrected chi connectivity index (χ3v) is 7.27. The maximum atomic E-state index is 13.0. The fourth-order valence-electron chi connectivity index (χ4n) is 3.73. The van der Waals surface area contributed by atoms with Crippen LogP contribution in [0, 0.1) is 5.41 Å². The standard InChI is InChI=1S/C20H30F2N2O5S/c1-20(15-28-16-20)14-23-8-2-3-9-24(11-13-27-12-10-23)30(25,26)18-6-4-17(5-7-18)29-19(21)22/h4-7,19H,2-3,8-16H2,1H3. The van der Waals surface area contributed by atoms with Crippen molar-refractivity contribution in [3.63, 3.8) is 0 Å². The number of alkyl halides is 2. The minimum absolute atomic E-state index is 0.0542. The van der Waals surface area contributed by atoms with Gasteiger partial charge >= 0.3 is 6.61 Å². The molecule has 2 aliphatic heterocycles. The Hall–Kier alpha value is -1.33. The van der Waals surface area contributed by atoms with Crippen molar-refractivity contribution >= 4 is 10.0 Å². The predicted molar refractivity (Wildman–Crippen MR) is 107 cm³/mol. The average molecular weight is 449 g/mol. The Balaban J connectivity index is 1.60. The van der Waals surface area contributed by atoms with E-state index in [-0.39, 0.29) is 22.6 Å². The van der Waals surface area contributed by atoms with E-state index in [0.29, 0.717) is 19.8 Å². The first-order valence-electron chi connectivity index (χ1n) is 10.2. The Labute approximate surface area is 176 Å². The van der Waals surface area contributed by atoms with E-state index in [1.807, 2.05) is 0 Å². The van der Waals surface area contributed by atoms with Gasteiger partial charge in [0.25, 0.3) is 0 Å². The molecule has 0 atom stereocenters. The van der Waals surface area contributed by atoms with Crippen molar-refractivity contribution in [3.05, 3.63) is 24.3 Å². The third-order valence-electron chi connectivity index (χ3n) is 5.36. The molecule has 0 aliphatic carbocycles. The molecule has 0 spiro atoms. The SMILES string of the molecule is CC1(CN2CCCCN(S(=O)(=O)c3ccc(OC(F)F)cc3)CCOCC2)COC1. The van der Waals surface area contributed by atoms with Crippen LogP contribution in [0.3, 0.4) is 0 Å². The molecule has 30 heavy (non-hydrogen) atoms. The minimum Gasteiger partial charge on any atom is -0.435 e. The summed E-state index contributed by atoms with van der Waals surface area (Å²) in [7, 11) is -3.74. The summed E-state index contributed by atoms with van der Waals surface area (Å²) in [4.78, 5) is 2.42. The highest BCUT2D eigenvalue weighted by molar-refractivity contribution is 7.89. The van der Waals surface area contributed by atoms with E-state index in [1.165, 1.54) is 28.6 Å². The van der Waals surface area contributed by atoms with Crippen molar-refractivity contribution in [1.29, 1.82) is 0 Å². The maximum Gasteiger partial charge on any atom is 0.387 e. The number of rotatable bonds is 6. The van der Waals surface area contributed by atoms with Crippen LogP contribution >= 0.6 is 0 Å². The molecule has 0 radical (unpaired) electrons. The molecule has 1 aromatic carbocycles. The van der Waals surface area contributed by atoms with Gasteiger partial charge in [-0.2, -0.15) is 13.1 Å². The van der Waals surface area contributed by atoms with Gasteiger partial charge in [0.15, 0.2) is 0 Å². The van der Waals surface area contributed by atoms with Crippen LogP contribution in [0.15, 0.2) is 29.2 Å². The lowest BCUT2D eigenvalue weighted by Crippen LogP contribution is -2.49. The number of halogens is 2. The van der Waals surface area contributed by atoms with Crippen molar-refractivity contribution in [2.45, 2.75) is 31.3 Å². The summed E-state index contributed by atoms with van der Waals surface area (Å²) >= 11 is 0. The number of nitrogens with zero attached hydrogens (tertiary/aromatic N) is 2. The summed E-state index contributed by atoms with van der Waals surface area (Å²) < 4.78 is 67.4. The first-order chi connectivity index (χ1) is 14.3. The van der Waals surface area contributed by atoms with E-state index in [0.717, 1.165) is 45.7 Å². The van der Waals surface area contributed by atoms with Gasteiger partial charge in [0.1, 0.15) is 5.75 Å². The predicted octanol–water partition coefficient (Wildman–Crippen LogP) is 2.43. The average Bonchev–Trinajstić information content (AvgIpc) is 2.72. The molecule has 2 saturated heterocycles. The zero-order chi connectivity index (χ0) is 21.6. The first kappa shape index (κ1) is 23.3. The molecular formula is C20H30F2N2O5S. The van der Waals surface area contributed by atoms with E-state index < -0.39 is 16.6 Å². The number of sulfonamides is 1. The zero-order valence-electron chi connectivity index (χ0n) is 17.3. The Bertz CT molecular complexity index is 772. The zero-order valence-corrected chi connectivity index (χ0v) is 18.1. The summed E-state index contributed by atoms with van der Waals surface area (Å²) in [5, 5.41) is 0. The lowest BCUT2D eigenvalue weighted by Gasteiger charge is -2.41. The molecule has 0 N–H and O–H groups in total. The van der Waals surface area contributed by atoms with E-state index in [2.05, 4.69) is 16.6 Å². The van der Waals surface area contributed by atoms with Gasteiger partial charge in [0, 0.05) is 31.6 Å². The van der Waals surface area contributed by atoms with Gasteiger partial charge in [-0.1, -0.05) is 6.92 Å². The monoisotopic (exact) mass is 448 g/mol. The van der Waals surface area contributed by atoms with Gasteiger partial charge in [-0.15, -0.1) is 0 Å². The first-order valence-corrected chi connectivity index (χ1v) is 11.7. The van der Waals surface area contributed by atoms with Crippen molar-refractivity contribution in [2.24, 2.45) is 5.41 Å². The third kappa shape index (κ3) is 6.34. The molecule has 0 bridgehead atoms. The molecule has 0 unspecified atom stereocenters. The Kier molecular flexibility index (Phi) is 8.03. The highest BCUT2D eigenvalue weighted by Crippen LogP contribution is 2.28. The molecule has 2 heterocycles. The summed E-state index contributed by atoms with van der Waals surface area (Å²) in [6.07, 6.45) is 1.61. The molecule has 0 aromatic heterocycles. The second-order valence-electron chi connectivity index (χ2n) is 8.15. The summed E-state index contributed by atoms with van der Waals surface area (Å²) in [5.74, 6) is -0.0737. The molecule has 1 aromatic rings. The van der Waals surface area contributed by atoms with Gasteiger partial charge in [-0.3, -0.25) is 0 Å². The van der Waals surface area contributed by atoms with E-state index in [1.54, 1.807) is 0 Å². The largest absolute Gasteiger partial charge is 0.435 e. The van der Waals surface area contributed by atoms with E-state index in [4.69, 9.17) is 9.47 Å². The minimum atomic E-state index is -3.74. The van der Waals surface area contributed by atoms with Crippen LogP contribution in [-0.4, -0.2) is 83.4 Å². The van der Waals surface area contributed by atoms with Gasteiger partial charge in [-0.05, 0) is 43.7 Å². The number of ether oxygens (including phenoxy) is 3. The normalized spacial score (nSPS) is 22.3. The Morgan fingerprint density at radius 1 is 1.03 bits per heavy atom. The maximum absolute atomic E-state index is 13.0. The fraction of sp³-hybridized carbons (Fsp3) is 0.700. The molecule has 170 valence electrons. The highest BCUT2D eigenvalue weighted by atomic mass is 32.2. The fourth-order valence-corrected chi connectivity index (χ4v) is 5.19.